The summed E-state index contributed by atoms with van der Waals surface area (Å²) < 4.78 is 15.8. The second-order valence-electron chi connectivity index (χ2n) is 3.26. The van der Waals surface area contributed by atoms with Crippen LogP contribution in [0.2, 0.25) is 0 Å². The van der Waals surface area contributed by atoms with Gasteiger partial charge < -0.3 is 14.0 Å². The second-order valence-corrected chi connectivity index (χ2v) is 9.47. The number of allylic oxidation sites excluding steroid dienone is 4. The van der Waals surface area contributed by atoms with E-state index in [9.17, 15) is 0 Å². The maximum atomic E-state index is 5.62. The van der Waals surface area contributed by atoms with Crippen molar-refractivity contribution in [1.29, 1.82) is 0 Å². The van der Waals surface area contributed by atoms with Crippen LogP contribution in [0, 0.1) is 0 Å². The lowest BCUT2D eigenvalue weighted by atomic mass is 10.5. The summed E-state index contributed by atoms with van der Waals surface area (Å²) >= 11 is 9.82. The average Bonchev–Trinajstić information content (AvgIpc) is 2.77. The molecule has 0 fully saturated rings. The molecule has 0 radical (unpaired) electrons. The Bertz CT molecular complexity index is 292. The monoisotopic (exact) mass is 280 g/mol. The van der Waals surface area contributed by atoms with Crippen molar-refractivity contribution in [2.75, 3.05) is 33.5 Å². The van der Waals surface area contributed by atoms with Gasteiger partial charge in [0.1, 0.15) is 5.47 Å². The number of hydrogen-bond donors (Lipinski definition) is 1. The van der Waals surface area contributed by atoms with E-state index in [0.29, 0.717) is 26.4 Å². The minimum absolute atomic E-state index is 0.157. The van der Waals surface area contributed by atoms with Gasteiger partial charge in [-0.15, -0.1) is 12.2 Å². The lowest BCUT2D eigenvalue weighted by Gasteiger charge is -2.20. The Morgan fingerprint density at radius 3 is 2.44 bits per heavy atom. The van der Waals surface area contributed by atoms with Crippen LogP contribution in [-0.4, -0.2) is 39.2 Å². The molecule has 3 nitrogen and oxygen atoms in total. The number of methoxy groups -OCH3 is 1. The highest BCUT2D eigenvalue weighted by atomic mass is 32.9. The van der Waals surface area contributed by atoms with Gasteiger partial charge in [0.2, 0.25) is 0 Å². The average molecular weight is 280 g/mol. The van der Waals surface area contributed by atoms with Crippen LogP contribution in [0.3, 0.4) is 0 Å². The number of ether oxygens (including phenoxy) is 2. The Labute approximate surface area is 107 Å². The van der Waals surface area contributed by atoms with Crippen LogP contribution >= 0.6 is 17.7 Å². The van der Waals surface area contributed by atoms with E-state index in [4.69, 9.17) is 25.8 Å². The Balaban J connectivity index is 2.14. The van der Waals surface area contributed by atoms with Crippen LogP contribution in [0.4, 0.5) is 0 Å². The predicted molar refractivity (Wildman–Crippen MR) is 74.0 cm³/mol. The van der Waals surface area contributed by atoms with E-state index < -0.39 is 5.47 Å². The fourth-order valence-corrected chi connectivity index (χ4v) is 3.69. The summed E-state index contributed by atoms with van der Waals surface area (Å²) in [5, 5.41) is 0. The standard InChI is InChI=1S/C10H17O3PS2/c1-11-6-7-12-8-9-13-14(15,16)10-4-2-3-5-10/h2-5,10H,6-9H2,1H3,(H,15,16). The third-order valence-electron chi connectivity index (χ3n) is 2.04. The van der Waals surface area contributed by atoms with Gasteiger partial charge in [-0.3, -0.25) is 0 Å². The minimum atomic E-state index is -2.05. The van der Waals surface area contributed by atoms with E-state index in [1.54, 1.807) is 7.11 Å². The summed E-state index contributed by atoms with van der Waals surface area (Å²) in [6, 6.07) is 0. The molecule has 6 heteroatoms. The largest absolute Gasteiger partial charge is 0.382 e. The first-order chi connectivity index (χ1) is 7.67. The zero-order valence-corrected chi connectivity index (χ0v) is 11.8. The molecule has 0 aromatic carbocycles. The van der Waals surface area contributed by atoms with Crippen molar-refractivity contribution in [3.63, 3.8) is 0 Å². The highest BCUT2D eigenvalue weighted by Crippen LogP contribution is 2.58. The molecular weight excluding hydrogens is 263 g/mol. The SMILES string of the molecule is COCCOCCOP(=S)(S)C1C=CC=C1. The van der Waals surface area contributed by atoms with Crippen molar-refractivity contribution in [3.05, 3.63) is 24.3 Å². The predicted octanol–water partition coefficient (Wildman–Crippen LogP) is 2.40. The van der Waals surface area contributed by atoms with Crippen LogP contribution < -0.4 is 0 Å². The Hall–Kier alpha value is 0.360. The zero-order valence-electron chi connectivity index (χ0n) is 9.24. The van der Waals surface area contributed by atoms with Gasteiger partial charge in [-0.25, -0.2) is 0 Å². The molecular formula is C10H17O3PS2. The van der Waals surface area contributed by atoms with Crippen molar-refractivity contribution in [2.24, 2.45) is 0 Å². The lowest BCUT2D eigenvalue weighted by molar-refractivity contribution is 0.0566. The van der Waals surface area contributed by atoms with Crippen molar-refractivity contribution >= 4 is 29.5 Å². The molecule has 0 aromatic heterocycles. The number of thiol groups is 1. The van der Waals surface area contributed by atoms with Crippen LogP contribution in [0.25, 0.3) is 0 Å². The van der Waals surface area contributed by atoms with Gasteiger partial charge in [-0.2, -0.15) is 0 Å². The van der Waals surface area contributed by atoms with E-state index in [1.807, 2.05) is 24.3 Å². The molecule has 1 unspecified atom stereocenters. The molecule has 0 heterocycles. The fourth-order valence-electron chi connectivity index (χ4n) is 1.20. The molecule has 0 spiro atoms. The second kappa shape index (κ2) is 7.64. The van der Waals surface area contributed by atoms with E-state index in [2.05, 4.69) is 12.2 Å². The fraction of sp³-hybridized carbons (Fsp3) is 0.600. The summed E-state index contributed by atoms with van der Waals surface area (Å²) in [7, 11) is 1.64. The molecule has 1 atom stereocenters. The van der Waals surface area contributed by atoms with Crippen molar-refractivity contribution in [1.82, 2.24) is 0 Å². The van der Waals surface area contributed by atoms with Crippen molar-refractivity contribution in [2.45, 2.75) is 5.66 Å². The molecule has 0 aliphatic heterocycles. The molecule has 0 saturated heterocycles. The summed E-state index contributed by atoms with van der Waals surface area (Å²) in [5.74, 6) is 0. The molecule has 0 N–H and O–H groups in total. The van der Waals surface area contributed by atoms with Gasteiger partial charge in [0, 0.05) is 7.11 Å². The maximum Gasteiger partial charge on any atom is 0.127 e. The molecule has 0 saturated carbocycles. The van der Waals surface area contributed by atoms with Gasteiger partial charge in [0.15, 0.2) is 0 Å². The molecule has 0 bridgehead atoms. The van der Waals surface area contributed by atoms with Crippen LogP contribution in [-0.2, 0) is 25.8 Å². The van der Waals surface area contributed by atoms with Gasteiger partial charge in [-0.1, -0.05) is 36.1 Å². The Morgan fingerprint density at radius 1 is 1.19 bits per heavy atom. The first kappa shape index (κ1) is 14.4. The van der Waals surface area contributed by atoms with Crippen LogP contribution in [0.1, 0.15) is 0 Å². The van der Waals surface area contributed by atoms with Gasteiger partial charge in [-0.05, 0) is 0 Å². The molecule has 1 aliphatic rings. The van der Waals surface area contributed by atoms with E-state index in [-0.39, 0.29) is 5.66 Å². The van der Waals surface area contributed by atoms with E-state index >= 15 is 0 Å². The van der Waals surface area contributed by atoms with Crippen molar-refractivity contribution in [3.8, 4) is 0 Å². The molecule has 0 amide bonds. The van der Waals surface area contributed by atoms with Crippen molar-refractivity contribution < 1.29 is 14.0 Å². The summed E-state index contributed by atoms with van der Waals surface area (Å²) in [6.07, 6.45) is 8.00. The highest BCUT2D eigenvalue weighted by molar-refractivity contribution is 8.62. The Kier molecular flexibility index (Phi) is 6.89. The van der Waals surface area contributed by atoms with Crippen LogP contribution in [0.15, 0.2) is 24.3 Å². The van der Waals surface area contributed by atoms with E-state index in [1.165, 1.54) is 0 Å². The minimum Gasteiger partial charge on any atom is -0.382 e. The highest BCUT2D eigenvalue weighted by Gasteiger charge is 2.22. The molecule has 1 aliphatic carbocycles. The third kappa shape index (κ3) is 5.13. The number of rotatable bonds is 8. The normalized spacial score (nSPS) is 19.1. The quantitative estimate of drug-likeness (QED) is 0.420. The third-order valence-corrected chi connectivity index (χ3v) is 5.88. The first-order valence-corrected chi connectivity index (χ1v) is 9.00. The molecule has 1 rings (SSSR count). The smallest absolute Gasteiger partial charge is 0.127 e. The van der Waals surface area contributed by atoms with Gasteiger partial charge in [0.25, 0.3) is 0 Å². The first-order valence-electron chi connectivity index (χ1n) is 5.05. The lowest BCUT2D eigenvalue weighted by Crippen LogP contribution is -2.08. The molecule has 16 heavy (non-hydrogen) atoms. The summed E-state index contributed by atoms with van der Waals surface area (Å²) in [6.45, 7) is 2.20. The van der Waals surface area contributed by atoms with Crippen LogP contribution in [0.5, 0.6) is 0 Å². The van der Waals surface area contributed by atoms with Gasteiger partial charge >= 0.3 is 0 Å². The Morgan fingerprint density at radius 2 is 1.81 bits per heavy atom. The maximum absolute atomic E-state index is 5.62. The van der Waals surface area contributed by atoms with E-state index in [0.717, 1.165) is 0 Å². The van der Waals surface area contributed by atoms with Gasteiger partial charge in [0.05, 0.1) is 32.1 Å². The number of hydrogen-bond acceptors (Lipinski definition) is 4. The molecule has 0 aromatic rings. The zero-order chi connectivity index (χ0) is 11.9. The molecule has 92 valence electrons. The topological polar surface area (TPSA) is 27.7 Å². The summed E-state index contributed by atoms with van der Waals surface area (Å²) in [4.78, 5) is 0. The summed E-state index contributed by atoms with van der Waals surface area (Å²) in [5.41, 5.74) is -1.90.